The van der Waals surface area contributed by atoms with Crippen LogP contribution in [-0.2, 0) is 16.4 Å². The van der Waals surface area contributed by atoms with Crippen molar-refractivity contribution in [3.05, 3.63) is 57.2 Å². The predicted octanol–water partition coefficient (Wildman–Crippen LogP) is 3.17. The second-order valence-corrected chi connectivity index (χ2v) is 8.84. The lowest BCUT2D eigenvalue weighted by Crippen LogP contribution is -2.08. The molecule has 0 radical (unpaired) electrons. The molecule has 0 amide bonds. The Morgan fingerprint density at radius 3 is 2.32 bits per heavy atom. The maximum absolute atomic E-state index is 11.5. The van der Waals surface area contributed by atoms with Gasteiger partial charge in [-0.2, -0.15) is 4.68 Å². The molecule has 25 heavy (non-hydrogen) atoms. The molecule has 10 heteroatoms. The average molecular weight is 488 g/mol. The summed E-state index contributed by atoms with van der Waals surface area (Å²) in [5.41, 5.74) is 0.641. The third-order valence-corrected chi connectivity index (χ3v) is 5.69. The quantitative estimate of drug-likeness (QED) is 0.549. The lowest BCUT2D eigenvalue weighted by Gasteiger charge is -2.10. The molecule has 0 spiro atoms. The number of ether oxygens (including phenoxy) is 1. The van der Waals surface area contributed by atoms with E-state index in [0.29, 0.717) is 17.3 Å². The lowest BCUT2D eigenvalue weighted by atomic mass is 10.3. The zero-order valence-corrected chi connectivity index (χ0v) is 16.9. The Kier molecular flexibility index (Phi) is 5.21. The predicted molar refractivity (Wildman–Crippen MR) is 98.4 cm³/mol. The van der Waals surface area contributed by atoms with E-state index in [1.165, 1.54) is 16.8 Å². The highest BCUT2D eigenvalue weighted by Gasteiger charge is 2.13. The normalized spacial score (nSPS) is 11.5. The molecule has 0 atom stereocenters. The standard InChI is InChI=1S/C15H12Br2N4O3S/c1-25(22,23)11-7-5-10(6-8-11)21-14(18-19-20-21)9-24-15-12(16)3-2-4-13(15)17/h2-8H,9H2,1H3. The summed E-state index contributed by atoms with van der Waals surface area (Å²) in [6.07, 6.45) is 1.16. The third kappa shape index (κ3) is 4.07. The van der Waals surface area contributed by atoms with E-state index in [0.717, 1.165) is 15.2 Å². The molecule has 0 saturated heterocycles. The first kappa shape index (κ1) is 18.0. The van der Waals surface area contributed by atoms with E-state index in [2.05, 4.69) is 47.4 Å². The number of hydrogen-bond acceptors (Lipinski definition) is 6. The minimum Gasteiger partial charge on any atom is -0.483 e. The van der Waals surface area contributed by atoms with Gasteiger partial charge in [-0.05, 0) is 78.7 Å². The Morgan fingerprint density at radius 1 is 1.08 bits per heavy atom. The maximum Gasteiger partial charge on any atom is 0.194 e. The van der Waals surface area contributed by atoms with Crippen molar-refractivity contribution in [2.45, 2.75) is 11.5 Å². The first-order chi connectivity index (χ1) is 11.9. The molecule has 0 aliphatic heterocycles. The van der Waals surface area contributed by atoms with Crippen molar-refractivity contribution < 1.29 is 13.2 Å². The Hall–Kier alpha value is -1.78. The summed E-state index contributed by atoms with van der Waals surface area (Å²) in [6, 6.07) is 11.9. The van der Waals surface area contributed by atoms with Gasteiger partial charge in [-0.25, -0.2) is 8.42 Å². The number of rotatable bonds is 5. The minimum absolute atomic E-state index is 0.141. The molecule has 1 heterocycles. The highest BCUT2D eigenvalue weighted by atomic mass is 79.9. The summed E-state index contributed by atoms with van der Waals surface area (Å²) in [5.74, 6) is 1.12. The van der Waals surface area contributed by atoms with Crippen LogP contribution in [0.1, 0.15) is 5.82 Å². The summed E-state index contributed by atoms with van der Waals surface area (Å²) in [5, 5.41) is 11.6. The molecule has 0 N–H and O–H groups in total. The second-order valence-electron chi connectivity index (χ2n) is 5.11. The van der Waals surface area contributed by atoms with Crippen LogP contribution in [0.3, 0.4) is 0 Å². The molecule has 7 nitrogen and oxygen atoms in total. The summed E-state index contributed by atoms with van der Waals surface area (Å²) in [4.78, 5) is 0.235. The number of aromatic nitrogens is 4. The van der Waals surface area contributed by atoms with E-state index in [9.17, 15) is 8.42 Å². The molecular formula is C15H12Br2N4O3S. The van der Waals surface area contributed by atoms with Gasteiger partial charge in [0.2, 0.25) is 0 Å². The number of para-hydroxylation sites is 1. The molecule has 3 aromatic rings. The molecule has 1 aromatic heterocycles. The van der Waals surface area contributed by atoms with Crippen LogP contribution in [0.15, 0.2) is 56.3 Å². The van der Waals surface area contributed by atoms with Gasteiger partial charge in [-0.1, -0.05) is 6.07 Å². The van der Waals surface area contributed by atoms with Gasteiger partial charge in [-0.3, -0.25) is 0 Å². The van der Waals surface area contributed by atoms with Crippen molar-refractivity contribution in [3.63, 3.8) is 0 Å². The Balaban J connectivity index is 1.84. The Morgan fingerprint density at radius 2 is 1.72 bits per heavy atom. The molecular weight excluding hydrogens is 476 g/mol. The van der Waals surface area contributed by atoms with Gasteiger partial charge in [-0.15, -0.1) is 5.10 Å². The number of sulfone groups is 1. The summed E-state index contributed by atoms with van der Waals surface area (Å²) in [7, 11) is -3.25. The second kappa shape index (κ2) is 7.22. The zero-order valence-electron chi connectivity index (χ0n) is 12.9. The van der Waals surface area contributed by atoms with Crippen LogP contribution in [0.4, 0.5) is 0 Å². The van der Waals surface area contributed by atoms with Gasteiger partial charge in [0.25, 0.3) is 0 Å². The van der Waals surface area contributed by atoms with Crippen LogP contribution in [-0.4, -0.2) is 34.9 Å². The molecule has 130 valence electrons. The van der Waals surface area contributed by atoms with Crippen LogP contribution in [0.2, 0.25) is 0 Å². The van der Waals surface area contributed by atoms with E-state index in [4.69, 9.17) is 4.74 Å². The molecule has 0 fully saturated rings. The molecule has 0 aliphatic rings. The SMILES string of the molecule is CS(=O)(=O)c1ccc(-n2nnnc2COc2c(Br)cccc2Br)cc1. The highest BCUT2D eigenvalue weighted by Crippen LogP contribution is 2.33. The smallest absolute Gasteiger partial charge is 0.194 e. The molecule has 0 saturated carbocycles. The zero-order chi connectivity index (χ0) is 18.0. The van der Waals surface area contributed by atoms with Gasteiger partial charge in [0, 0.05) is 6.26 Å². The monoisotopic (exact) mass is 486 g/mol. The molecule has 3 rings (SSSR count). The van der Waals surface area contributed by atoms with E-state index >= 15 is 0 Å². The van der Waals surface area contributed by atoms with Crippen molar-refractivity contribution in [1.29, 1.82) is 0 Å². The van der Waals surface area contributed by atoms with E-state index in [1.54, 1.807) is 12.1 Å². The number of hydrogen-bond donors (Lipinski definition) is 0. The van der Waals surface area contributed by atoms with Crippen molar-refractivity contribution in [3.8, 4) is 11.4 Å². The molecule has 2 aromatic carbocycles. The fourth-order valence-corrected chi connectivity index (χ4v) is 3.95. The van der Waals surface area contributed by atoms with Crippen LogP contribution < -0.4 is 4.74 Å². The number of benzene rings is 2. The Labute approximate surface area is 161 Å². The van der Waals surface area contributed by atoms with Crippen molar-refractivity contribution >= 4 is 41.7 Å². The number of halogens is 2. The lowest BCUT2D eigenvalue weighted by molar-refractivity contribution is 0.288. The van der Waals surface area contributed by atoms with Crippen LogP contribution in [0.25, 0.3) is 5.69 Å². The number of tetrazole rings is 1. The van der Waals surface area contributed by atoms with E-state index in [-0.39, 0.29) is 11.5 Å². The van der Waals surface area contributed by atoms with Crippen LogP contribution >= 0.6 is 31.9 Å². The first-order valence-electron chi connectivity index (χ1n) is 7.01. The third-order valence-electron chi connectivity index (χ3n) is 3.31. The van der Waals surface area contributed by atoms with Crippen LogP contribution in [0, 0.1) is 0 Å². The fraction of sp³-hybridized carbons (Fsp3) is 0.133. The van der Waals surface area contributed by atoms with Crippen LogP contribution in [0.5, 0.6) is 5.75 Å². The summed E-state index contributed by atoms with van der Waals surface area (Å²) >= 11 is 6.86. The van der Waals surface area contributed by atoms with Crippen molar-refractivity contribution in [1.82, 2.24) is 20.2 Å². The Bertz CT molecular complexity index is 984. The maximum atomic E-state index is 11.5. The average Bonchev–Trinajstić information content (AvgIpc) is 3.02. The van der Waals surface area contributed by atoms with Gasteiger partial charge < -0.3 is 4.74 Å². The van der Waals surface area contributed by atoms with Crippen molar-refractivity contribution in [2.24, 2.45) is 0 Å². The molecule has 0 bridgehead atoms. The first-order valence-corrected chi connectivity index (χ1v) is 10.5. The van der Waals surface area contributed by atoms with E-state index < -0.39 is 9.84 Å². The molecule has 0 unspecified atom stereocenters. The number of nitrogens with zero attached hydrogens (tertiary/aromatic N) is 4. The van der Waals surface area contributed by atoms with Crippen molar-refractivity contribution in [2.75, 3.05) is 6.26 Å². The highest BCUT2D eigenvalue weighted by molar-refractivity contribution is 9.11. The van der Waals surface area contributed by atoms with E-state index in [1.807, 2.05) is 18.2 Å². The largest absolute Gasteiger partial charge is 0.483 e. The van der Waals surface area contributed by atoms with Gasteiger partial charge in [0.05, 0.1) is 19.5 Å². The van der Waals surface area contributed by atoms with Gasteiger partial charge in [0.15, 0.2) is 15.7 Å². The fourth-order valence-electron chi connectivity index (χ4n) is 2.09. The topological polar surface area (TPSA) is 87.0 Å². The van der Waals surface area contributed by atoms with Gasteiger partial charge in [0.1, 0.15) is 12.4 Å². The summed E-state index contributed by atoms with van der Waals surface area (Å²) in [6.45, 7) is 0.141. The minimum atomic E-state index is -3.25. The molecule has 0 aliphatic carbocycles. The van der Waals surface area contributed by atoms with Gasteiger partial charge >= 0.3 is 0 Å². The summed E-state index contributed by atoms with van der Waals surface area (Å²) < 4.78 is 32.0.